The summed E-state index contributed by atoms with van der Waals surface area (Å²) in [7, 11) is -4.33. The topological polar surface area (TPSA) is 37.4 Å². The molecular weight excluding hydrogens is 394 g/mol. The third-order valence-corrected chi connectivity index (χ3v) is 6.46. The minimum Gasteiger partial charge on any atom is -0.207 e. The number of hydrogen-bond donors (Lipinski definition) is 0. The standard InChI is InChI=1S/C17H14ClF4NO2S/c18-14-8-5-12(17(20,21)22)9-16(14)26(24,25)23(13-6-7-13)10-11-3-1-2-4-15(11)19/h1-5,8-9,13H,6-7,10H2. The summed E-state index contributed by atoms with van der Waals surface area (Å²) in [6.45, 7) is -0.272. The highest BCUT2D eigenvalue weighted by Gasteiger charge is 2.40. The molecule has 0 heterocycles. The van der Waals surface area contributed by atoms with E-state index in [0.29, 0.717) is 18.9 Å². The highest BCUT2D eigenvalue weighted by molar-refractivity contribution is 7.89. The molecule has 0 aromatic heterocycles. The number of benzene rings is 2. The Kier molecular flexibility index (Phi) is 5.02. The second-order valence-electron chi connectivity index (χ2n) is 6.02. The molecule has 0 N–H and O–H groups in total. The molecule has 9 heteroatoms. The number of rotatable bonds is 5. The quantitative estimate of drug-likeness (QED) is 0.664. The van der Waals surface area contributed by atoms with Crippen molar-refractivity contribution in [3.8, 4) is 0 Å². The van der Waals surface area contributed by atoms with Gasteiger partial charge in [-0.2, -0.15) is 17.5 Å². The van der Waals surface area contributed by atoms with Crippen LogP contribution in [0.4, 0.5) is 17.6 Å². The molecule has 1 fully saturated rings. The van der Waals surface area contributed by atoms with Crippen LogP contribution in [0.25, 0.3) is 0 Å². The van der Waals surface area contributed by atoms with E-state index in [-0.39, 0.29) is 23.2 Å². The number of nitrogens with zero attached hydrogens (tertiary/aromatic N) is 1. The zero-order chi connectivity index (χ0) is 19.1. The van der Waals surface area contributed by atoms with Gasteiger partial charge in [-0.15, -0.1) is 0 Å². The van der Waals surface area contributed by atoms with Gasteiger partial charge in [0.25, 0.3) is 0 Å². The van der Waals surface area contributed by atoms with E-state index in [0.717, 1.165) is 16.4 Å². The lowest BCUT2D eigenvalue weighted by atomic mass is 10.2. The first kappa shape index (κ1) is 19.1. The molecule has 0 unspecified atom stereocenters. The smallest absolute Gasteiger partial charge is 0.207 e. The fourth-order valence-corrected chi connectivity index (χ4v) is 4.74. The highest BCUT2D eigenvalue weighted by Crippen LogP contribution is 2.38. The molecule has 0 bridgehead atoms. The van der Waals surface area contributed by atoms with Gasteiger partial charge in [0.2, 0.25) is 10.0 Å². The molecule has 1 saturated carbocycles. The Hall–Kier alpha value is -1.64. The maximum absolute atomic E-state index is 13.9. The Balaban J connectivity index is 2.03. The van der Waals surface area contributed by atoms with Gasteiger partial charge in [-0.05, 0) is 37.1 Å². The summed E-state index contributed by atoms with van der Waals surface area (Å²) >= 11 is 5.89. The van der Waals surface area contributed by atoms with Gasteiger partial charge < -0.3 is 0 Å². The van der Waals surface area contributed by atoms with E-state index >= 15 is 0 Å². The monoisotopic (exact) mass is 407 g/mol. The Morgan fingerprint density at radius 3 is 2.35 bits per heavy atom. The zero-order valence-corrected chi connectivity index (χ0v) is 14.9. The Labute approximate surface area is 153 Å². The summed E-state index contributed by atoms with van der Waals surface area (Å²) in [6.07, 6.45) is -3.58. The summed E-state index contributed by atoms with van der Waals surface area (Å²) in [6, 6.07) is 7.44. The summed E-state index contributed by atoms with van der Waals surface area (Å²) in [5.74, 6) is -0.580. The normalized spacial score (nSPS) is 15.5. The van der Waals surface area contributed by atoms with Crippen LogP contribution in [0.2, 0.25) is 5.02 Å². The van der Waals surface area contributed by atoms with Crippen molar-refractivity contribution in [1.82, 2.24) is 4.31 Å². The largest absolute Gasteiger partial charge is 0.416 e. The number of halogens is 5. The van der Waals surface area contributed by atoms with Crippen LogP contribution in [0.1, 0.15) is 24.0 Å². The molecule has 0 aliphatic heterocycles. The molecular formula is C17H14ClF4NO2S. The summed E-state index contributed by atoms with van der Waals surface area (Å²) in [4.78, 5) is -0.628. The minimum absolute atomic E-state index is 0.145. The van der Waals surface area contributed by atoms with Crippen LogP contribution in [0, 0.1) is 5.82 Å². The molecule has 3 nitrogen and oxygen atoms in total. The maximum Gasteiger partial charge on any atom is 0.416 e. The Morgan fingerprint density at radius 2 is 1.77 bits per heavy atom. The van der Waals surface area contributed by atoms with E-state index in [1.54, 1.807) is 6.07 Å². The van der Waals surface area contributed by atoms with Gasteiger partial charge in [-0.1, -0.05) is 29.8 Å². The van der Waals surface area contributed by atoms with E-state index in [1.165, 1.54) is 18.2 Å². The van der Waals surface area contributed by atoms with Crippen molar-refractivity contribution in [2.24, 2.45) is 0 Å². The Morgan fingerprint density at radius 1 is 1.12 bits per heavy atom. The second-order valence-corrected chi connectivity index (χ2v) is 8.28. The lowest BCUT2D eigenvalue weighted by Crippen LogP contribution is -2.33. The van der Waals surface area contributed by atoms with Gasteiger partial charge in [0.1, 0.15) is 10.7 Å². The molecule has 2 aromatic rings. The van der Waals surface area contributed by atoms with Gasteiger partial charge in [-0.25, -0.2) is 12.8 Å². The lowest BCUT2D eigenvalue weighted by Gasteiger charge is -2.23. The fraction of sp³-hybridized carbons (Fsp3) is 0.294. The van der Waals surface area contributed by atoms with Crippen molar-refractivity contribution in [3.63, 3.8) is 0 Å². The molecule has 0 atom stereocenters. The molecule has 2 aromatic carbocycles. The first-order valence-corrected chi connectivity index (χ1v) is 9.54. The fourth-order valence-electron chi connectivity index (χ4n) is 2.57. The third kappa shape index (κ3) is 3.87. The van der Waals surface area contributed by atoms with Crippen molar-refractivity contribution < 1.29 is 26.0 Å². The van der Waals surface area contributed by atoms with Gasteiger partial charge >= 0.3 is 6.18 Å². The van der Waals surface area contributed by atoms with E-state index < -0.39 is 32.5 Å². The third-order valence-electron chi connectivity index (χ3n) is 4.08. The number of alkyl halides is 3. The van der Waals surface area contributed by atoms with Crippen molar-refractivity contribution in [3.05, 3.63) is 64.4 Å². The SMILES string of the molecule is O=S(=O)(c1cc(C(F)(F)F)ccc1Cl)N(Cc1ccccc1F)C1CC1. The summed E-state index contributed by atoms with van der Waals surface area (Å²) in [5.41, 5.74) is -0.965. The average molecular weight is 408 g/mol. The molecule has 0 spiro atoms. The molecule has 0 saturated heterocycles. The Bertz CT molecular complexity index is 927. The van der Waals surface area contributed by atoms with E-state index in [4.69, 9.17) is 11.6 Å². The zero-order valence-electron chi connectivity index (χ0n) is 13.3. The highest BCUT2D eigenvalue weighted by atomic mass is 35.5. The molecule has 1 aliphatic carbocycles. The van der Waals surface area contributed by atoms with Gasteiger partial charge in [-0.3, -0.25) is 0 Å². The summed E-state index contributed by atoms with van der Waals surface area (Å²) in [5, 5.41) is -0.308. The van der Waals surface area contributed by atoms with Gasteiger partial charge in [0.05, 0.1) is 10.6 Å². The van der Waals surface area contributed by atoms with E-state index in [1.807, 2.05) is 0 Å². The predicted molar refractivity (Wildman–Crippen MR) is 88.6 cm³/mol. The summed E-state index contributed by atoms with van der Waals surface area (Å²) < 4.78 is 79.8. The van der Waals surface area contributed by atoms with Gasteiger partial charge in [0.15, 0.2) is 0 Å². The van der Waals surface area contributed by atoms with Crippen molar-refractivity contribution >= 4 is 21.6 Å². The van der Waals surface area contributed by atoms with Crippen molar-refractivity contribution in [2.45, 2.75) is 36.5 Å². The second kappa shape index (κ2) is 6.83. The first-order chi connectivity index (χ1) is 12.1. The molecule has 26 heavy (non-hydrogen) atoms. The van der Waals surface area contributed by atoms with Crippen LogP contribution in [0.3, 0.4) is 0 Å². The first-order valence-electron chi connectivity index (χ1n) is 7.72. The molecule has 1 aliphatic rings. The minimum atomic E-state index is -4.70. The van der Waals surface area contributed by atoms with Crippen molar-refractivity contribution in [1.29, 1.82) is 0 Å². The van der Waals surface area contributed by atoms with Crippen molar-refractivity contribution in [2.75, 3.05) is 0 Å². The average Bonchev–Trinajstić information content (AvgIpc) is 3.37. The van der Waals surface area contributed by atoms with Crippen LogP contribution < -0.4 is 0 Å². The van der Waals surface area contributed by atoms with Crippen LogP contribution in [0.5, 0.6) is 0 Å². The van der Waals surface area contributed by atoms with Crippen LogP contribution in [-0.2, 0) is 22.7 Å². The van der Waals surface area contributed by atoms with Crippen LogP contribution >= 0.6 is 11.6 Å². The number of sulfonamides is 1. The maximum atomic E-state index is 13.9. The molecule has 140 valence electrons. The molecule has 3 rings (SSSR count). The van der Waals surface area contributed by atoms with E-state index in [2.05, 4.69) is 0 Å². The predicted octanol–water partition coefficient (Wildman–Crippen LogP) is 4.85. The molecule has 0 radical (unpaired) electrons. The van der Waals surface area contributed by atoms with Crippen LogP contribution in [0.15, 0.2) is 47.4 Å². The number of hydrogen-bond acceptors (Lipinski definition) is 2. The van der Waals surface area contributed by atoms with Crippen LogP contribution in [-0.4, -0.2) is 18.8 Å². The lowest BCUT2D eigenvalue weighted by molar-refractivity contribution is -0.137. The van der Waals surface area contributed by atoms with E-state index in [9.17, 15) is 26.0 Å². The van der Waals surface area contributed by atoms with Gasteiger partial charge in [0, 0.05) is 18.2 Å². The molecule has 0 amide bonds.